The Morgan fingerprint density at radius 1 is 1.21 bits per heavy atom. The summed E-state index contributed by atoms with van der Waals surface area (Å²) in [5.41, 5.74) is 0.799. The third kappa shape index (κ3) is 3.16. The van der Waals surface area contributed by atoms with E-state index < -0.39 is 11.9 Å². The van der Waals surface area contributed by atoms with E-state index in [0.29, 0.717) is 22.1 Å². The molecule has 1 heterocycles. The fraction of sp³-hybridized carbons (Fsp3) is 0.214. The van der Waals surface area contributed by atoms with Gasteiger partial charge in [0.25, 0.3) is 0 Å². The van der Waals surface area contributed by atoms with Crippen LogP contribution in [0.25, 0.3) is 0 Å². The van der Waals surface area contributed by atoms with Gasteiger partial charge in [0.1, 0.15) is 11.6 Å². The van der Waals surface area contributed by atoms with Crippen LogP contribution in [0.15, 0.2) is 41.1 Å². The summed E-state index contributed by atoms with van der Waals surface area (Å²) < 4.78 is 28.5. The normalized spacial score (nSPS) is 12.4. The molecule has 0 aliphatic carbocycles. The molecule has 0 radical (unpaired) electrons. The summed E-state index contributed by atoms with van der Waals surface area (Å²) in [5.74, 6) is -0.827. The molecular weight excluding hydrogens is 314 g/mol. The van der Waals surface area contributed by atoms with E-state index in [1.54, 1.807) is 18.2 Å². The maximum absolute atomic E-state index is 14.0. The molecule has 0 saturated heterocycles. The van der Waals surface area contributed by atoms with Crippen LogP contribution in [0.3, 0.4) is 0 Å². The zero-order valence-corrected chi connectivity index (χ0v) is 11.9. The smallest absolute Gasteiger partial charge is 0.146 e. The number of hydrogen-bond acceptors (Lipinski definition) is 2. The second-order valence-electron chi connectivity index (χ2n) is 4.05. The van der Waals surface area contributed by atoms with Gasteiger partial charge in [-0.3, -0.25) is 4.98 Å². The van der Waals surface area contributed by atoms with Crippen LogP contribution in [0.5, 0.6) is 0 Å². The summed E-state index contributed by atoms with van der Waals surface area (Å²) in [6.45, 7) is 2.49. The fourth-order valence-corrected chi connectivity index (χ4v) is 2.28. The highest BCUT2D eigenvalue weighted by atomic mass is 79.9. The predicted octanol–water partition coefficient (Wildman–Crippen LogP) is 3.82. The van der Waals surface area contributed by atoms with Crippen LogP contribution >= 0.6 is 15.9 Å². The maximum atomic E-state index is 14.0. The molecule has 1 atom stereocenters. The first kappa shape index (κ1) is 14.1. The van der Waals surface area contributed by atoms with Gasteiger partial charge in [0.2, 0.25) is 0 Å². The molecule has 2 aromatic rings. The first-order valence-electron chi connectivity index (χ1n) is 5.91. The molecule has 1 aromatic heterocycles. The molecule has 1 unspecified atom stereocenters. The molecule has 5 heteroatoms. The summed E-state index contributed by atoms with van der Waals surface area (Å²) in [6.07, 6.45) is 2.63. The quantitative estimate of drug-likeness (QED) is 0.923. The number of nitrogens with zero attached hydrogens (tertiary/aromatic N) is 1. The van der Waals surface area contributed by atoms with Crippen molar-refractivity contribution in [2.75, 3.05) is 6.54 Å². The van der Waals surface area contributed by atoms with Crippen molar-refractivity contribution in [3.05, 3.63) is 63.9 Å². The summed E-state index contributed by atoms with van der Waals surface area (Å²) in [4.78, 5) is 3.71. The van der Waals surface area contributed by atoms with Crippen molar-refractivity contribution in [1.29, 1.82) is 0 Å². The van der Waals surface area contributed by atoms with Crippen molar-refractivity contribution in [1.82, 2.24) is 10.3 Å². The molecule has 1 aromatic carbocycles. The van der Waals surface area contributed by atoms with Crippen LogP contribution in [0, 0.1) is 11.6 Å². The number of nitrogens with one attached hydrogen (secondary N) is 1. The Morgan fingerprint density at radius 2 is 1.95 bits per heavy atom. The van der Waals surface area contributed by atoms with E-state index in [4.69, 9.17) is 0 Å². The molecule has 2 rings (SSSR count). The minimum absolute atomic E-state index is 0.378. The van der Waals surface area contributed by atoms with Crippen molar-refractivity contribution >= 4 is 15.9 Å². The van der Waals surface area contributed by atoms with Gasteiger partial charge in [-0.05, 0) is 24.7 Å². The van der Waals surface area contributed by atoms with Gasteiger partial charge < -0.3 is 5.32 Å². The molecule has 0 spiro atoms. The average molecular weight is 327 g/mol. The van der Waals surface area contributed by atoms with Crippen LogP contribution in [0.1, 0.15) is 24.1 Å². The average Bonchev–Trinajstić information content (AvgIpc) is 2.38. The Hall–Kier alpha value is -1.33. The van der Waals surface area contributed by atoms with Crippen LogP contribution in [-0.2, 0) is 0 Å². The predicted molar refractivity (Wildman–Crippen MR) is 73.8 cm³/mol. The van der Waals surface area contributed by atoms with Crippen LogP contribution in [-0.4, -0.2) is 11.5 Å². The van der Waals surface area contributed by atoms with Gasteiger partial charge in [-0.2, -0.15) is 0 Å². The molecule has 0 aliphatic heterocycles. The fourth-order valence-electron chi connectivity index (χ4n) is 1.95. The van der Waals surface area contributed by atoms with Gasteiger partial charge >= 0.3 is 0 Å². The minimum atomic E-state index is -0.527. The lowest BCUT2D eigenvalue weighted by Gasteiger charge is -2.20. The van der Waals surface area contributed by atoms with E-state index in [9.17, 15) is 8.78 Å². The van der Waals surface area contributed by atoms with Crippen LogP contribution in [0.4, 0.5) is 8.78 Å². The van der Waals surface area contributed by atoms with E-state index in [2.05, 4.69) is 26.2 Å². The van der Waals surface area contributed by atoms with Gasteiger partial charge in [0.15, 0.2) is 0 Å². The SMILES string of the molecule is CCNC(c1ccncc1F)c1ccc(Br)cc1F. The van der Waals surface area contributed by atoms with Crippen molar-refractivity contribution in [3.8, 4) is 0 Å². The molecule has 19 heavy (non-hydrogen) atoms. The Bertz CT molecular complexity index is 575. The lowest BCUT2D eigenvalue weighted by molar-refractivity contribution is 0.528. The lowest BCUT2D eigenvalue weighted by atomic mass is 9.98. The molecule has 0 amide bonds. The first-order valence-corrected chi connectivity index (χ1v) is 6.70. The van der Waals surface area contributed by atoms with Gasteiger partial charge in [-0.25, -0.2) is 8.78 Å². The summed E-state index contributed by atoms with van der Waals surface area (Å²) in [5, 5.41) is 3.09. The van der Waals surface area contributed by atoms with E-state index in [0.717, 1.165) is 6.20 Å². The van der Waals surface area contributed by atoms with Gasteiger partial charge in [0, 0.05) is 21.8 Å². The van der Waals surface area contributed by atoms with Crippen molar-refractivity contribution in [2.45, 2.75) is 13.0 Å². The van der Waals surface area contributed by atoms with Gasteiger partial charge in [0.05, 0.1) is 12.2 Å². The zero-order chi connectivity index (χ0) is 13.8. The van der Waals surface area contributed by atoms with E-state index in [-0.39, 0.29) is 5.82 Å². The molecule has 100 valence electrons. The maximum Gasteiger partial charge on any atom is 0.146 e. The van der Waals surface area contributed by atoms with E-state index in [1.807, 2.05) is 6.92 Å². The molecule has 0 bridgehead atoms. The summed E-state index contributed by atoms with van der Waals surface area (Å²) in [7, 11) is 0. The van der Waals surface area contributed by atoms with Crippen molar-refractivity contribution in [3.63, 3.8) is 0 Å². The van der Waals surface area contributed by atoms with Gasteiger partial charge in [-0.1, -0.05) is 28.9 Å². The Morgan fingerprint density at radius 3 is 2.58 bits per heavy atom. The minimum Gasteiger partial charge on any atom is -0.306 e. The topological polar surface area (TPSA) is 24.9 Å². The Labute approximate surface area is 119 Å². The number of benzene rings is 1. The highest BCUT2D eigenvalue weighted by molar-refractivity contribution is 9.10. The molecule has 1 N–H and O–H groups in total. The van der Waals surface area contributed by atoms with E-state index in [1.165, 1.54) is 12.3 Å². The highest BCUT2D eigenvalue weighted by Gasteiger charge is 2.20. The second-order valence-corrected chi connectivity index (χ2v) is 4.97. The molecule has 0 saturated carbocycles. The van der Waals surface area contributed by atoms with Crippen molar-refractivity contribution in [2.24, 2.45) is 0 Å². The Kier molecular flexibility index (Phi) is 4.61. The monoisotopic (exact) mass is 326 g/mol. The standard InChI is InChI=1S/C14H13BrF2N2/c1-2-19-14(11-5-6-18-8-13(11)17)10-4-3-9(15)7-12(10)16/h3-8,14,19H,2H2,1H3. The molecule has 0 aliphatic rings. The molecule has 0 fully saturated rings. The zero-order valence-electron chi connectivity index (χ0n) is 10.3. The van der Waals surface area contributed by atoms with Crippen LogP contribution < -0.4 is 5.32 Å². The third-order valence-corrected chi connectivity index (χ3v) is 3.29. The number of hydrogen-bond donors (Lipinski definition) is 1. The summed E-state index contributed by atoms with van der Waals surface area (Å²) >= 11 is 3.21. The third-order valence-electron chi connectivity index (χ3n) is 2.80. The van der Waals surface area contributed by atoms with Gasteiger partial charge in [-0.15, -0.1) is 0 Å². The number of halogens is 3. The molecule has 2 nitrogen and oxygen atoms in total. The lowest BCUT2D eigenvalue weighted by Crippen LogP contribution is -2.24. The highest BCUT2D eigenvalue weighted by Crippen LogP contribution is 2.27. The molecular formula is C14H13BrF2N2. The van der Waals surface area contributed by atoms with Crippen molar-refractivity contribution < 1.29 is 8.78 Å². The second kappa shape index (κ2) is 6.21. The van der Waals surface area contributed by atoms with E-state index >= 15 is 0 Å². The summed E-state index contributed by atoms with van der Waals surface area (Å²) in [6, 6.07) is 5.79. The Balaban J connectivity index is 2.48. The number of aromatic nitrogens is 1. The van der Waals surface area contributed by atoms with Crippen LogP contribution in [0.2, 0.25) is 0 Å². The first-order chi connectivity index (χ1) is 9.13. The number of rotatable bonds is 4. The largest absolute Gasteiger partial charge is 0.306 e. The number of pyridine rings is 1.